The molecule has 43 heavy (non-hydrogen) atoms. The number of hydrogen-bond donors (Lipinski definition) is 1. The lowest BCUT2D eigenvalue weighted by Gasteiger charge is -2.34. The lowest BCUT2D eigenvalue weighted by Crippen LogP contribution is -2.53. The minimum absolute atomic E-state index is 0.0396. The van der Waals surface area contributed by atoms with E-state index < -0.39 is 28.5 Å². The van der Waals surface area contributed by atoms with E-state index in [1.807, 2.05) is 52.8 Å². The molecule has 9 nitrogen and oxygen atoms in total. The zero-order chi connectivity index (χ0) is 31.7. The number of anilines is 1. The maximum Gasteiger partial charge on any atom is 0.264 e. The van der Waals surface area contributed by atoms with Gasteiger partial charge in [-0.2, -0.15) is 0 Å². The monoisotopic (exact) mass is 609 g/mol. The first-order valence-electron chi connectivity index (χ1n) is 14.4. The second kappa shape index (κ2) is 14.9. The lowest BCUT2D eigenvalue weighted by atomic mass is 10.1. The molecule has 0 aliphatic rings. The molecule has 10 heteroatoms. The van der Waals surface area contributed by atoms with Crippen LogP contribution in [0.1, 0.15) is 50.3 Å². The molecule has 0 heterocycles. The third-order valence-electron chi connectivity index (χ3n) is 7.39. The fraction of sp³-hybridized carbons (Fsp3) is 0.394. The molecule has 232 valence electrons. The van der Waals surface area contributed by atoms with Crippen molar-refractivity contribution < 1.29 is 27.5 Å². The van der Waals surface area contributed by atoms with Crippen LogP contribution in [0.2, 0.25) is 0 Å². The van der Waals surface area contributed by atoms with Gasteiger partial charge in [0.15, 0.2) is 0 Å². The average Bonchev–Trinajstić information content (AvgIpc) is 2.99. The van der Waals surface area contributed by atoms with Crippen molar-refractivity contribution in [3.8, 4) is 11.5 Å². The molecule has 0 spiro atoms. The number of rotatable bonds is 14. The molecule has 0 aliphatic heterocycles. The SMILES string of the molecule is CC[C@H](C(=O)N[C@@H](C)CC)N(Cc1ccc(OC)cc1)C(=O)CN(c1cc(C)ccc1OC)S(=O)(=O)c1ccc(C)cc1. The highest BCUT2D eigenvalue weighted by Crippen LogP contribution is 2.34. The molecule has 3 rings (SSSR count). The summed E-state index contributed by atoms with van der Waals surface area (Å²) in [6.45, 7) is 8.96. The van der Waals surface area contributed by atoms with E-state index in [4.69, 9.17) is 9.47 Å². The van der Waals surface area contributed by atoms with E-state index in [0.717, 1.165) is 27.4 Å². The third-order valence-corrected chi connectivity index (χ3v) is 9.16. The summed E-state index contributed by atoms with van der Waals surface area (Å²) in [4.78, 5) is 29.3. The number of sulfonamides is 1. The maximum absolute atomic E-state index is 14.3. The van der Waals surface area contributed by atoms with Crippen LogP contribution < -0.4 is 19.1 Å². The molecular weight excluding hydrogens is 566 g/mol. The van der Waals surface area contributed by atoms with Crippen molar-refractivity contribution >= 4 is 27.5 Å². The number of aryl methyl sites for hydroxylation is 2. The van der Waals surface area contributed by atoms with Gasteiger partial charge in [0.2, 0.25) is 11.8 Å². The molecule has 2 amide bonds. The fourth-order valence-corrected chi connectivity index (χ4v) is 6.05. The Hall–Kier alpha value is -4.05. The Morgan fingerprint density at radius 1 is 0.860 bits per heavy atom. The quantitative estimate of drug-likeness (QED) is 0.268. The Morgan fingerprint density at radius 2 is 1.49 bits per heavy atom. The Morgan fingerprint density at radius 3 is 2.05 bits per heavy atom. The number of amides is 2. The van der Waals surface area contributed by atoms with Gasteiger partial charge in [-0.3, -0.25) is 13.9 Å². The second-order valence-electron chi connectivity index (χ2n) is 10.6. The van der Waals surface area contributed by atoms with Gasteiger partial charge in [-0.15, -0.1) is 0 Å². The minimum Gasteiger partial charge on any atom is -0.497 e. The van der Waals surface area contributed by atoms with Crippen LogP contribution in [0.15, 0.2) is 71.6 Å². The van der Waals surface area contributed by atoms with Crippen molar-refractivity contribution in [3.05, 3.63) is 83.4 Å². The molecule has 3 aromatic rings. The molecule has 0 fully saturated rings. The number of carbonyl (C=O) groups is 2. The molecule has 0 saturated carbocycles. The first-order chi connectivity index (χ1) is 20.4. The summed E-state index contributed by atoms with van der Waals surface area (Å²) in [5.41, 5.74) is 2.70. The van der Waals surface area contributed by atoms with Crippen LogP contribution in [0, 0.1) is 13.8 Å². The van der Waals surface area contributed by atoms with Crippen LogP contribution in [-0.2, 0) is 26.2 Å². The summed E-state index contributed by atoms with van der Waals surface area (Å²) in [5.74, 6) is 0.142. The predicted molar refractivity (Wildman–Crippen MR) is 169 cm³/mol. The largest absolute Gasteiger partial charge is 0.497 e. The van der Waals surface area contributed by atoms with Crippen LogP contribution in [0.25, 0.3) is 0 Å². The standard InChI is InChI=1S/C33H43N3O6S/c1-8-25(5)34-33(38)29(9-2)35(21-26-13-15-27(41-6)16-14-26)32(37)22-36(30-20-24(4)12-19-31(30)42-7)43(39,40)28-17-10-23(3)11-18-28/h10-20,25,29H,8-9,21-22H2,1-7H3,(H,34,38)/t25-,29+/m0/s1. The van der Waals surface area contributed by atoms with Crippen molar-refractivity contribution in [1.29, 1.82) is 0 Å². The Kier molecular flexibility index (Phi) is 11.6. The van der Waals surface area contributed by atoms with Crippen molar-refractivity contribution in [1.82, 2.24) is 10.2 Å². The number of carbonyl (C=O) groups excluding carboxylic acids is 2. The maximum atomic E-state index is 14.3. The second-order valence-corrected chi connectivity index (χ2v) is 12.5. The van der Waals surface area contributed by atoms with Crippen LogP contribution in [0.3, 0.4) is 0 Å². The summed E-state index contributed by atoms with van der Waals surface area (Å²) in [7, 11) is -1.19. The van der Waals surface area contributed by atoms with E-state index >= 15 is 0 Å². The smallest absolute Gasteiger partial charge is 0.264 e. The van der Waals surface area contributed by atoms with Gasteiger partial charge in [-0.1, -0.05) is 49.7 Å². The van der Waals surface area contributed by atoms with Crippen LogP contribution in [-0.4, -0.2) is 58.0 Å². The number of ether oxygens (including phenoxy) is 2. The average molecular weight is 610 g/mol. The molecule has 0 unspecified atom stereocenters. The highest BCUT2D eigenvalue weighted by molar-refractivity contribution is 7.92. The summed E-state index contributed by atoms with van der Waals surface area (Å²) < 4.78 is 40.2. The lowest BCUT2D eigenvalue weighted by molar-refractivity contribution is -0.140. The highest BCUT2D eigenvalue weighted by atomic mass is 32.2. The van der Waals surface area contributed by atoms with Gasteiger partial charge in [0.1, 0.15) is 24.1 Å². The normalized spacial score (nSPS) is 12.6. The Balaban J connectivity index is 2.12. The van der Waals surface area contributed by atoms with E-state index in [0.29, 0.717) is 17.9 Å². The predicted octanol–water partition coefficient (Wildman–Crippen LogP) is 5.24. The van der Waals surface area contributed by atoms with E-state index in [1.165, 1.54) is 24.1 Å². The van der Waals surface area contributed by atoms with Gasteiger partial charge in [0.25, 0.3) is 10.0 Å². The van der Waals surface area contributed by atoms with Crippen molar-refractivity contribution in [2.24, 2.45) is 0 Å². The minimum atomic E-state index is -4.22. The molecule has 0 radical (unpaired) electrons. The van der Waals surface area contributed by atoms with Crippen molar-refractivity contribution in [2.75, 3.05) is 25.1 Å². The van der Waals surface area contributed by atoms with E-state index in [2.05, 4.69) is 5.32 Å². The highest BCUT2D eigenvalue weighted by Gasteiger charge is 2.35. The van der Waals surface area contributed by atoms with E-state index in [9.17, 15) is 18.0 Å². The topological polar surface area (TPSA) is 105 Å². The summed E-state index contributed by atoms with van der Waals surface area (Å²) in [5, 5.41) is 2.99. The van der Waals surface area contributed by atoms with Crippen LogP contribution in [0.4, 0.5) is 5.69 Å². The number of nitrogens with one attached hydrogen (secondary N) is 1. The molecule has 0 aliphatic carbocycles. The molecule has 0 aromatic heterocycles. The summed E-state index contributed by atoms with van der Waals surface area (Å²) >= 11 is 0. The zero-order valence-electron chi connectivity index (χ0n) is 26.1. The molecule has 1 N–H and O–H groups in total. The summed E-state index contributed by atoms with van der Waals surface area (Å²) in [6.07, 6.45) is 1.06. The van der Waals surface area contributed by atoms with Crippen molar-refractivity contribution in [3.63, 3.8) is 0 Å². The molecule has 2 atom stereocenters. The van der Waals surface area contributed by atoms with Gasteiger partial charge in [0, 0.05) is 12.6 Å². The Bertz CT molecular complexity index is 1490. The number of benzene rings is 3. The Labute approximate surface area is 255 Å². The first-order valence-corrected chi connectivity index (χ1v) is 15.9. The van der Waals surface area contributed by atoms with Crippen molar-refractivity contribution in [2.45, 2.75) is 71.0 Å². The zero-order valence-corrected chi connectivity index (χ0v) is 26.9. The van der Waals surface area contributed by atoms with Crippen LogP contribution >= 0.6 is 0 Å². The summed E-state index contributed by atoms with van der Waals surface area (Å²) in [6, 6.07) is 17.9. The van der Waals surface area contributed by atoms with Gasteiger partial charge in [-0.25, -0.2) is 8.42 Å². The molecular formula is C33H43N3O6S. The molecule has 0 saturated heterocycles. The number of methoxy groups -OCH3 is 2. The van der Waals surface area contributed by atoms with Gasteiger partial charge in [-0.05, 0) is 81.1 Å². The van der Waals surface area contributed by atoms with E-state index in [-0.39, 0.29) is 29.1 Å². The first kappa shape index (κ1) is 33.5. The van der Waals surface area contributed by atoms with E-state index in [1.54, 1.807) is 43.5 Å². The van der Waals surface area contributed by atoms with Gasteiger partial charge >= 0.3 is 0 Å². The van der Waals surface area contributed by atoms with Gasteiger partial charge in [0.05, 0.1) is 24.8 Å². The third kappa shape index (κ3) is 8.28. The fourth-order valence-electron chi connectivity index (χ4n) is 4.63. The number of nitrogens with zero attached hydrogens (tertiary/aromatic N) is 2. The van der Waals surface area contributed by atoms with Crippen LogP contribution in [0.5, 0.6) is 11.5 Å². The molecule has 3 aromatic carbocycles. The number of hydrogen-bond acceptors (Lipinski definition) is 6. The van der Waals surface area contributed by atoms with Gasteiger partial charge < -0.3 is 19.7 Å². The molecule has 0 bridgehead atoms.